The number of fused-ring (bicyclic) bond motifs is 1. The third kappa shape index (κ3) is 3.16. The van der Waals surface area contributed by atoms with Crippen molar-refractivity contribution in [1.82, 2.24) is 0 Å². The summed E-state index contributed by atoms with van der Waals surface area (Å²) in [7, 11) is 4.16. The van der Waals surface area contributed by atoms with Gasteiger partial charge in [-0.1, -0.05) is 6.07 Å². The smallest absolute Gasteiger partial charge is 0.340 e. The molecule has 0 bridgehead atoms. The summed E-state index contributed by atoms with van der Waals surface area (Å²) in [6.07, 6.45) is 0. The predicted molar refractivity (Wildman–Crippen MR) is 96.1 cm³/mol. The van der Waals surface area contributed by atoms with Crippen molar-refractivity contribution in [2.75, 3.05) is 21.3 Å². The fourth-order valence-corrected chi connectivity index (χ4v) is 3.04. The molecule has 0 unspecified atom stereocenters. The van der Waals surface area contributed by atoms with Crippen LogP contribution in [0.25, 0.3) is 0 Å². The van der Waals surface area contributed by atoms with Gasteiger partial charge in [-0.05, 0) is 17.7 Å². The van der Waals surface area contributed by atoms with Crippen LogP contribution >= 0.6 is 0 Å². The molecule has 3 rings (SSSR count). The normalized spacial score (nSPS) is 15.5. The van der Waals surface area contributed by atoms with E-state index >= 15 is 0 Å². The standard InChI is InChI=1S/C19H19NO8/c1-24-12-5-4-9(6-13(12)25-2)14-15(19(23)26-3)18(20)28-16-11(22)7-10(8-21)27-17(14)16/h4-7,14,21H,8,20H2,1-3H3/t14-/m0/s1. The number of hydrogen-bond acceptors (Lipinski definition) is 9. The molecule has 9 heteroatoms. The van der Waals surface area contributed by atoms with Crippen LogP contribution in [0, 0.1) is 0 Å². The first kappa shape index (κ1) is 19.3. The number of carbonyl (C=O) groups is 1. The molecule has 2 aromatic rings. The molecule has 0 aliphatic carbocycles. The van der Waals surface area contributed by atoms with Crippen molar-refractivity contribution in [1.29, 1.82) is 0 Å². The maximum atomic E-state index is 12.4. The van der Waals surface area contributed by atoms with Gasteiger partial charge < -0.3 is 34.2 Å². The predicted octanol–water partition coefficient (Wildman–Crippen LogP) is 1.02. The SMILES string of the molecule is COC(=O)C1=C(N)Oc2c(oc(CO)cc2=O)[C@H]1c1ccc(OC)c(OC)c1. The van der Waals surface area contributed by atoms with Crippen molar-refractivity contribution < 1.29 is 33.3 Å². The zero-order valence-electron chi connectivity index (χ0n) is 15.5. The highest BCUT2D eigenvalue weighted by molar-refractivity contribution is 5.92. The molecule has 148 valence electrons. The molecule has 3 N–H and O–H groups in total. The van der Waals surface area contributed by atoms with Crippen molar-refractivity contribution in [3.63, 3.8) is 0 Å². The Morgan fingerprint density at radius 3 is 2.50 bits per heavy atom. The van der Waals surface area contributed by atoms with E-state index in [2.05, 4.69) is 0 Å². The molecule has 0 saturated heterocycles. The van der Waals surface area contributed by atoms with E-state index in [4.69, 9.17) is 29.1 Å². The van der Waals surface area contributed by atoms with Crippen LogP contribution in [0.2, 0.25) is 0 Å². The summed E-state index contributed by atoms with van der Waals surface area (Å²) in [5.74, 6) is -1.20. The van der Waals surface area contributed by atoms with E-state index in [1.54, 1.807) is 18.2 Å². The highest BCUT2D eigenvalue weighted by Crippen LogP contribution is 2.43. The fourth-order valence-electron chi connectivity index (χ4n) is 3.04. The van der Waals surface area contributed by atoms with E-state index in [1.807, 2.05) is 0 Å². The molecule has 0 radical (unpaired) electrons. The maximum Gasteiger partial charge on any atom is 0.340 e. The molecular formula is C19H19NO8. The van der Waals surface area contributed by atoms with Gasteiger partial charge in [-0.2, -0.15) is 0 Å². The first-order valence-corrected chi connectivity index (χ1v) is 8.20. The van der Waals surface area contributed by atoms with Gasteiger partial charge in [0.15, 0.2) is 17.3 Å². The van der Waals surface area contributed by atoms with E-state index in [0.717, 1.165) is 6.07 Å². The van der Waals surface area contributed by atoms with Gasteiger partial charge in [-0.3, -0.25) is 4.79 Å². The lowest BCUT2D eigenvalue weighted by Crippen LogP contribution is -2.29. The molecule has 0 saturated carbocycles. The topological polar surface area (TPSA) is 130 Å². The zero-order chi connectivity index (χ0) is 20.4. The van der Waals surface area contributed by atoms with Crippen molar-refractivity contribution >= 4 is 5.97 Å². The lowest BCUT2D eigenvalue weighted by atomic mass is 9.86. The first-order chi connectivity index (χ1) is 13.4. The second kappa shape index (κ2) is 7.65. The van der Waals surface area contributed by atoms with E-state index in [0.29, 0.717) is 17.1 Å². The number of aliphatic hydroxyl groups excluding tert-OH is 1. The number of aliphatic hydroxyl groups is 1. The molecule has 1 aliphatic rings. The molecule has 2 heterocycles. The summed E-state index contributed by atoms with van der Waals surface area (Å²) >= 11 is 0. The number of methoxy groups -OCH3 is 3. The Kier molecular flexibility index (Phi) is 5.27. The lowest BCUT2D eigenvalue weighted by molar-refractivity contribution is -0.136. The minimum Gasteiger partial charge on any atom is -0.493 e. The second-order valence-corrected chi connectivity index (χ2v) is 5.85. The Labute approximate surface area is 159 Å². The fraction of sp³-hybridized carbons (Fsp3) is 0.263. The minimum atomic E-state index is -0.921. The third-order valence-corrected chi connectivity index (χ3v) is 4.31. The monoisotopic (exact) mass is 389 g/mol. The van der Waals surface area contributed by atoms with Crippen LogP contribution in [-0.4, -0.2) is 32.4 Å². The molecule has 1 atom stereocenters. The zero-order valence-corrected chi connectivity index (χ0v) is 15.5. The Bertz CT molecular complexity index is 1010. The third-order valence-electron chi connectivity index (χ3n) is 4.31. The van der Waals surface area contributed by atoms with Gasteiger partial charge in [0.25, 0.3) is 0 Å². The summed E-state index contributed by atoms with van der Waals surface area (Å²) in [6, 6.07) is 6.03. The number of hydrogen-bond donors (Lipinski definition) is 2. The summed E-state index contributed by atoms with van der Waals surface area (Å²) in [5, 5.41) is 9.41. The van der Waals surface area contributed by atoms with Gasteiger partial charge in [0, 0.05) is 6.07 Å². The minimum absolute atomic E-state index is 0.0162. The van der Waals surface area contributed by atoms with Crippen molar-refractivity contribution in [3.05, 3.63) is 63.0 Å². The van der Waals surface area contributed by atoms with Gasteiger partial charge >= 0.3 is 5.97 Å². The van der Waals surface area contributed by atoms with E-state index in [9.17, 15) is 14.7 Å². The summed E-state index contributed by atoms with van der Waals surface area (Å²) in [4.78, 5) is 24.8. The lowest BCUT2D eigenvalue weighted by Gasteiger charge is -2.27. The number of carbonyl (C=O) groups excluding carboxylic acids is 1. The molecule has 1 aromatic carbocycles. The first-order valence-electron chi connectivity index (χ1n) is 8.20. The molecule has 9 nitrogen and oxygen atoms in total. The van der Waals surface area contributed by atoms with E-state index in [-0.39, 0.29) is 28.7 Å². The average Bonchev–Trinajstić information content (AvgIpc) is 2.72. The molecule has 1 aromatic heterocycles. The largest absolute Gasteiger partial charge is 0.493 e. The summed E-state index contributed by atoms with van der Waals surface area (Å²) in [6.45, 7) is -0.506. The highest BCUT2D eigenvalue weighted by Gasteiger charge is 2.39. The Morgan fingerprint density at radius 1 is 1.18 bits per heavy atom. The second-order valence-electron chi connectivity index (χ2n) is 5.85. The van der Waals surface area contributed by atoms with Gasteiger partial charge in [0.2, 0.25) is 17.1 Å². The quantitative estimate of drug-likeness (QED) is 0.720. The van der Waals surface area contributed by atoms with E-state index in [1.165, 1.54) is 21.3 Å². The van der Waals surface area contributed by atoms with E-state index < -0.39 is 23.9 Å². The van der Waals surface area contributed by atoms with Crippen molar-refractivity contribution in [2.24, 2.45) is 5.73 Å². The van der Waals surface area contributed by atoms with Crippen LogP contribution in [0.15, 0.2) is 44.9 Å². The Hall–Kier alpha value is -3.46. The Morgan fingerprint density at radius 2 is 1.89 bits per heavy atom. The molecule has 1 aliphatic heterocycles. The van der Waals surface area contributed by atoms with Crippen molar-refractivity contribution in [2.45, 2.75) is 12.5 Å². The average molecular weight is 389 g/mol. The molecule has 0 fully saturated rings. The summed E-state index contributed by atoms with van der Waals surface area (Å²) in [5.41, 5.74) is 5.87. The van der Waals surface area contributed by atoms with Gasteiger partial charge in [0.1, 0.15) is 17.9 Å². The number of esters is 1. The molecule has 0 amide bonds. The van der Waals surface area contributed by atoms with Crippen LogP contribution < -0.4 is 25.4 Å². The van der Waals surface area contributed by atoms with Gasteiger partial charge in [-0.15, -0.1) is 0 Å². The van der Waals surface area contributed by atoms with Gasteiger partial charge in [0.05, 0.1) is 27.2 Å². The van der Waals surface area contributed by atoms with Gasteiger partial charge in [-0.25, -0.2) is 4.79 Å². The van der Waals surface area contributed by atoms with Crippen LogP contribution in [0.3, 0.4) is 0 Å². The molecule has 28 heavy (non-hydrogen) atoms. The highest BCUT2D eigenvalue weighted by atomic mass is 16.5. The Balaban J connectivity index is 2.30. The maximum absolute atomic E-state index is 12.4. The number of benzene rings is 1. The van der Waals surface area contributed by atoms with Crippen LogP contribution in [0.4, 0.5) is 0 Å². The van der Waals surface area contributed by atoms with Crippen LogP contribution in [-0.2, 0) is 16.1 Å². The van der Waals surface area contributed by atoms with Crippen LogP contribution in [0.5, 0.6) is 17.2 Å². The molecule has 0 spiro atoms. The molecular weight excluding hydrogens is 370 g/mol. The number of nitrogens with two attached hydrogens (primary N) is 1. The summed E-state index contributed by atoms with van der Waals surface area (Å²) < 4.78 is 26.4. The number of rotatable bonds is 5. The van der Waals surface area contributed by atoms with Crippen molar-refractivity contribution in [3.8, 4) is 17.2 Å². The van der Waals surface area contributed by atoms with Crippen LogP contribution in [0.1, 0.15) is 23.0 Å². The number of ether oxygens (including phenoxy) is 4.